The Bertz CT molecular complexity index is 1310. The second-order valence-electron chi connectivity index (χ2n) is 9.96. The Labute approximate surface area is 190 Å². The van der Waals surface area contributed by atoms with Crippen molar-refractivity contribution in [2.45, 2.75) is 64.8 Å². The number of para-hydroxylation sites is 1. The SMILES string of the molecule is Cc1ccc2c(c1)c1c(n2CC(O)Cn2c3c(c4ccccc42)CCCC3)CCN(C)C1. The zero-order valence-corrected chi connectivity index (χ0v) is 19.3. The molecule has 0 bridgehead atoms. The number of benzene rings is 2. The fourth-order valence-corrected chi connectivity index (χ4v) is 6.18. The summed E-state index contributed by atoms with van der Waals surface area (Å²) in [6, 6.07) is 15.5. The van der Waals surface area contributed by atoms with Crippen LogP contribution >= 0.6 is 0 Å². The maximum Gasteiger partial charge on any atom is 0.0897 e. The van der Waals surface area contributed by atoms with E-state index in [2.05, 4.69) is 70.5 Å². The number of hydrogen-bond donors (Lipinski definition) is 1. The fraction of sp³-hybridized carbons (Fsp3) is 0.429. The second-order valence-corrected chi connectivity index (χ2v) is 9.96. The van der Waals surface area contributed by atoms with E-state index in [1.807, 2.05) is 0 Å². The molecule has 166 valence electrons. The summed E-state index contributed by atoms with van der Waals surface area (Å²) in [6.07, 6.45) is 5.46. The van der Waals surface area contributed by atoms with Gasteiger partial charge in [0.15, 0.2) is 0 Å². The Hall–Kier alpha value is -2.56. The molecule has 0 saturated carbocycles. The van der Waals surface area contributed by atoms with Gasteiger partial charge >= 0.3 is 0 Å². The van der Waals surface area contributed by atoms with Crippen molar-refractivity contribution in [3.63, 3.8) is 0 Å². The smallest absolute Gasteiger partial charge is 0.0897 e. The van der Waals surface area contributed by atoms with E-state index in [1.54, 1.807) is 0 Å². The van der Waals surface area contributed by atoms with E-state index < -0.39 is 6.10 Å². The topological polar surface area (TPSA) is 33.3 Å². The normalized spacial score (nSPS) is 17.6. The van der Waals surface area contributed by atoms with Gasteiger partial charge in [-0.25, -0.2) is 0 Å². The number of hydrogen-bond acceptors (Lipinski definition) is 2. The molecule has 3 heterocycles. The van der Waals surface area contributed by atoms with E-state index in [0.29, 0.717) is 13.1 Å². The van der Waals surface area contributed by atoms with Crippen molar-refractivity contribution in [1.29, 1.82) is 0 Å². The van der Waals surface area contributed by atoms with Crippen LogP contribution in [0, 0.1) is 6.92 Å². The van der Waals surface area contributed by atoms with Gasteiger partial charge < -0.3 is 19.1 Å². The first-order chi connectivity index (χ1) is 15.6. The molecule has 1 aliphatic heterocycles. The van der Waals surface area contributed by atoms with Crippen molar-refractivity contribution in [3.05, 3.63) is 70.5 Å². The average molecular weight is 428 g/mol. The van der Waals surface area contributed by atoms with E-state index >= 15 is 0 Å². The lowest BCUT2D eigenvalue weighted by atomic mass is 9.95. The standard InChI is InChI=1S/C28H33N3O/c1-19-11-12-27-23(15-19)24-18-29(2)14-13-28(24)31(27)17-20(32)16-30-25-9-5-3-7-21(25)22-8-4-6-10-26(22)30/h3,5,7,9,11-12,15,20,32H,4,6,8,10,13-14,16-18H2,1-2H3. The van der Waals surface area contributed by atoms with Crippen LogP contribution in [0.1, 0.15) is 40.9 Å². The van der Waals surface area contributed by atoms with Crippen LogP contribution in [0.15, 0.2) is 42.5 Å². The number of likely N-dealkylation sites (N-methyl/N-ethyl adjacent to an activating group) is 1. The van der Waals surface area contributed by atoms with Crippen molar-refractivity contribution >= 4 is 21.8 Å². The highest BCUT2D eigenvalue weighted by molar-refractivity contribution is 5.87. The van der Waals surface area contributed by atoms with Crippen LogP contribution in [0.5, 0.6) is 0 Å². The Morgan fingerprint density at radius 2 is 1.56 bits per heavy atom. The number of nitrogens with zero attached hydrogens (tertiary/aromatic N) is 3. The minimum atomic E-state index is -0.419. The number of rotatable bonds is 4. The highest BCUT2D eigenvalue weighted by atomic mass is 16.3. The van der Waals surface area contributed by atoms with Crippen LogP contribution in [0.2, 0.25) is 0 Å². The Morgan fingerprint density at radius 1 is 0.844 bits per heavy atom. The molecule has 32 heavy (non-hydrogen) atoms. The molecule has 4 nitrogen and oxygen atoms in total. The van der Waals surface area contributed by atoms with Crippen LogP contribution in [0.3, 0.4) is 0 Å². The largest absolute Gasteiger partial charge is 0.389 e. The quantitative estimate of drug-likeness (QED) is 0.506. The maximum absolute atomic E-state index is 11.4. The summed E-state index contributed by atoms with van der Waals surface area (Å²) in [4.78, 5) is 2.41. The van der Waals surface area contributed by atoms with Gasteiger partial charge in [-0.3, -0.25) is 0 Å². The maximum atomic E-state index is 11.4. The molecule has 2 aromatic heterocycles. The first-order valence-electron chi connectivity index (χ1n) is 12.2. The number of aryl methyl sites for hydroxylation is 2. The molecule has 6 rings (SSSR count). The highest BCUT2D eigenvalue weighted by Crippen LogP contribution is 2.34. The zero-order valence-electron chi connectivity index (χ0n) is 19.3. The Kier molecular flexibility index (Phi) is 4.89. The van der Waals surface area contributed by atoms with Crippen LogP contribution in [0.4, 0.5) is 0 Å². The van der Waals surface area contributed by atoms with Crippen LogP contribution in [-0.4, -0.2) is 38.8 Å². The van der Waals surface area contributed by atoms with Gasteiger partial charge in [0.25, 0.3) is 0 Å². The number of fused-ring (bicyclic) bond motifs is 6. The van der Waals surface area contributed by atoms with Gasteiger partial charge in [0.05, 0.1) is 19.2 Å². The minimum Gasteiger partial charge on any atom is -0.389 e. The molecular formula is C28H33N3O. The lowest BCUT2D eigenvalue weighted by Gasteiger charge is -2.25. The first-order valence-corrected chi connectivity index (χ1v) is 12.2. The molecule has 1 aliphatic carbocycles. The van der Waals surface area contributed by atoms with Gasteiger partial charge in [-0.1, -0.05) is 29.8 Å². The molecule has 2 aromatic carbocycles. The van der Waals surface area contributed by atoms with Gasteiger partial charge in [0.1, 0.15) is 0 Å². The van der Waals surface area contributed by atoms with E-state index in [-0.39, 0.29) is 0 Å². The Balaban J connectivity index is 1.38. The molecular weight excluding hydrogens is 394 g/mol. The van der Waals surface area contributed by atoms with Gasteiger partial charge in [-0.15, -0.1) is 0 Å². The minimum absolute atomic E-state index is 0.419. The highest BCUT2D eigenvalue weighted by Gasteiger charge is 2.25. The number of aliphatic hydroxyl groups excluding tert-OH is 1. The fourth-order valence-electron chi connectivity index (χ4n) is 6.18. The lowest BCUT2D eigenvalue weighted by Crippen LogP contribution is -2.29. The molecule has 4 aromatic rings. The first kappa shape index (κ1) is 20.1. The molecule has 0 radical (unpaired) electrons. The van der Waals surface area contributed by atoms with Crippen LogP contribution in [0.25, 0.3) is 21.8 Å². The van der Waals surface area contributed by atoms with Gasteiger partial charge in [-0.2, -0.15) is 0 Å². The molecule has 0 spiro atoms. The predicted octanol–water partition coefficient (Wildman–Crippen LogP) is 4.83. The van der Waals surface area contributed by atoms with Crippen molar-refractivity contribution in [2.24, 2.45) is 0 Å². The average Bonchev–Trinajstić information content (AvgIpc) is 3.27. The molecule has 2 aliphatic rings. The summed E-state index contributed by atoms with van der Waals surface area (Å²) in [5.74, 6) is 0. The molecule has 1 atom stereocenters. The van der Waals surface area contributed by atoms with E-state index in [4.69, 9.17) is 0 Å². The van der Waals surface area contributed by atoms with E-state index in [0.717, 1.165) is 25.9 Å². The molecule has 1 N–H and O–H groups in total. The third-order valence-electron chi connectivity index (χ3n) is 7.67. The van der Waals surface area contributed by atoms with Crippen LogP contribution < -0.4 is 0 Å². The van der Waals surface area contributed by atoms with Gasteiger partial charge in [0.2, 0.25) is 0 Å². The van der Waals surface area contributed by atoms with Crippen molar-refractivity contribution < 1.29 is 5.11 Å². The summed E-state index contributed by atoms with van der Waals surface area (Å²) in [5, 5.41) is 14.1. The van der Waals surface area contributed by atoms with Gasteiger partial charge in [-0.05, 0) is 69.0 Å². The van der Waals surface area contributed by atoms with Crippen LogP contribution in [-0.2, 0) is 38.9 Å². The third kappa shape index (κ3) is 3.20. The van der Waals surface area contributed by atoms with E-state index in [1.165, 1.54) is 69.1 Å². The molecule has 0 saturated heterocycles. The monoisotopic (exact) mass is 427 g/mol. The third-order valence-corrected chi connectivity index (χ3v) is 7.67. The number of aromatic nitrogens is 2. The molecule has 0 fully saturated rings. The molecule has 0 amide bonds. The lowest BCUT2D eigenvalue weighted by molar-refractivity contribution is 0.134. The summed E-state index contributed by atoms with van der Waals surface area (Å²) in [5.41, 5.74) is 9.70. The predicted molar refractivity (Wildman–Crippen MR) is 131 cm³/mol. The van der Waals surface area contributed by atoms with Gasteiger partial charge in [0, 0.05) is 52.7 Å². The summed E-state index contributed by atoms with van der Waals surface area (Å²) >= 11 is 0. The Morgan fingerprint density at radius 3 is 2.41 bits per heavy atom. The summed E-state index contributed by atoms with van der Waals surface area (Å²) in [7, 11) is 2.21. The van der Waals surface area contributed by atoms with Crippen molar-refractivity contribution in [3.8, 4) is 0 Å². The zero-order chi connectivity index (χ0) is 21.8. The number of aliphatic hydroxyl groups is 1. The van der Waals surface area contributed by atoms with E-state index in [9.17, 15) is 5.11 Å². The van der Waals surface area contributed by atoms with Crippen molar-refractivity contribution in [1.82, 2.24) is 14.0 Å². The second kappa shape index (κ2) is 7.79. The summed E-state index contributed by atoms with van der Waals surface area (Å²) < 4.78 is 4.84. The molecule has 4 heteroatoms. The summed E-state index contributed by atoms with van der Waals surface area (Å²) in [6.45, 7) is 5.56. The molecule has 1 unspecified atom stereocenters. The van der Waals surface area contributed by atoms with Crippen molar-refractivity contribution in [2.75, 3.05) is 13.6 Å².